The number of rotatable bonds is 10. The fourth-order valence-corrected chi connectivity index (χ4v) is 9.47. The molecule has 0 saturated carbocycles. The van der Waals surface area contributed by atoms with E-state index in [4.69, 9.17) is 5.23 Å². The molecule has 319 valence electrons. The predicted molar refractivity (Wildman–Crippen MR) is 261 cm³/mol. The number of hydrogen-bond donors (Lipinski definition) is 0. The SMILES string of the molecule is CC(C)c1cccc(C(C)C)c1C1=[C-]C(c2c(C(C)C)cccc2C(C)C)c2ccccc21.CC(C)c1cccc(C(C)C)c1N1B(c2ccccc2)[N-]c2ccccc21.[Au]. The smallest absolute Gasteiger partial charge is 0.189 e. The summed E-state index contributed by atoms with van der Waals surface area (Å²) in [4.78, 5) is 2.45. The second kappa shape index (κ2) is 19.7. The van der Waals surface area contributed by atoms with Gasteiger partial charge in [0.1, 0.15) is 0 Å². The Hall–Kier alpha value is -4.53. The summed E-state index contributed by atoms with van der Waals surface area (Å²) in [7, 11) is 0. The molecule has 4 heteroatoms. The molecule has 0 spiro atoms. The molecule has 0 N–H and O–H groups in total. The molecule has 2 nitrogen and oxygen atoms in total. The van der Waals surface area contributed by atoms with Crippen molar-refractivity contribution in [3.05, 3.63) is 200 Å². The van der Waals surface area contributed by atoms with E-state index in [0.29, 0.717) is 35.5 Å². The van der Waals surface area contributed by atoms with Crippen LogP contribution in [0.25, 0.3) is 10.8 Å². The molecule has 6 aromatic rings. The number of fused-ring (bicyclic) bond motifs is 2. The van der Waals surface area contributed by atoms with E-state index in [2.05, 4.69) is 227 Å². The van der Waals surface area contributed by atoms with Crippen LogP contribution in [0.5, 0.6) is 0 Å². The molecule has 1 aliphatic heterocycles. The number of para-hydroxylation sites is 2. The van der Waals surface area contributed by atoms with Crippen LogP contribution in [0.2, 0.25) is 0 Å². The summed E-state index contributed by atoms with van der Waals surface area (Å²) in [6.07, 6.45) is 4.09. The molecule has 1 heterocycles. The summed E-state index contributed by atoms with van der Waals surface area (Å²) in [6.45, 7) is 27.6. The van der Waals surface area contributed by atoms with Crippen molar-refractivity contribution in [3.63, 3.8) is 0 Å². The Balaban J connectivity index is 0.000000204. The third-order valence-electron chi connectivity index (χ3n) is 12.5. The molecule has 6 aromatic carbocycles. The van der Waals surface area contributed by atoms with Gasteiger partial charge >= 0.3 is 0 Å². The van der Waals surface area contributed by atoms with Gasteiger partial charge in [-0.3, -0.25) is 0 Å². The maximum Gasteiger partial charge on any atom is 0.189 e. The number of benzene rings is 6. The Morgan fingerprint density at radius 1 is 0.475 bits per heavy atom. The van der Waals surface area contributed by atoms with Crippen LogP contribution in [0.15, 0.2) is 133 Å². The quantitative estimate of drug-likeness (QED) is 0.0988. The number of allylic oxidation sites excluding steroid dienone is 1. The average molecular weight is 986 g/mol. The number of nitrogens with zero attached hydrogens (tertiary/aromatic N) is 2. The van der Waals surface area contributed by atoms with E-state index in [-0.39, 0.29) is 35.3 Å². The molecule has 0 aromatic heterocycles. The van der Waals surface area contributed by atoms with E-state index in [0.717, 1.165) is 5.69 Å². The first kappa shape index (κ1) is 46.0. The molecule has 2 aliphatic rings. The van der Waals surface area contributed by atoms with Crippen molar-refractivity contribution in [1.82, 2.24) is 0 Å². The second-order valence-corrected chi connectivity index (χ2v) is 18.7. The van der Waals surface area contributed by atoms with Crippen molar-refractivity contribution in [2.24, 2.45) is 0 Å². The Morgan fingerprint density at radius 3 is 1.44 bits per heavy atom. The van der Waals surface area contributed by atoms with E-state index >= 15 is 0 Å². The summed E-state index contributed by atoms with van der Waals surface area (Å²) in [5.74, 6) is 2.96. The fourth-order valence-electron chi connectivity index (χ4n) is 9.47. The molecule has 0 bridgehead atoms. The van der Waals surface area contributed by atoms with Crippen LogP contribution in [0.3, 0.4) is 0 Å². The van der Waals surface area contributed by atoms with Crippen LogP contribution in [-0.4, -0.2) is 6.98 Å². The first-order chi connectivity index (χ1) is 28.8. The van der Waals surface area contributed by atoms with Gasteiger partial charge in [0, 0.05) is 33.8 Å². The molecular weight excluding hydrogens is 920 g/mol. The van der Waals surface area contributed by atoms with Gasteiger partial charge in [-0.05, 0) is 75.3 Å². The standard InChI is InChI=1S/C33H39.C24H26BN2.Au/c1-20(2)24-15-11-16-25(21(3)4)32(24)30-19-31(29-14-10-9-13-28(29)30)33-26(22(5)6)17-12-18-27(33)23(7)8;1-17(2)20-13-10-14-21(18(3)4)24(20)27-23-16-9-8-15-22(23)26-25(27)19-11-6-5-7-12-19;/h9-18,20-23,30H,1-8H3;5-18H,1-4H3;/q2*-1;. The first-order valence-corrected chi connectivity index (χ1v) is 22.5. The van der Waals surface area contributed by atoms with Crippen molar-refractivity contribution >= 4 is 35.1 Å². The minimum atomic E-state index is -0.0269. The van der Waals surface area contributed by atoms with Gasteiger partial charge < -0.3 is 10.0 Å². The molecule has 0 saturated heterocycles. The van der Waals surface area contributed by atoms with Crippen LogP contribution in [0.1, 0.15) is 180 Å². The van der Waals surface area contributed by atoms with Gasteiger partial charge in [0.25, 0.3) is 0 Å². The Bertz CT molecular complexity index is 2380. The fraction of sp³-hybridized carbons (Fsp3) is 0.333. The van der Waals surface area contributed by atoms with Gasteiger partial charge in [-0.25, -0.2) is 0 Å². The number of hydrogen-bond acceptors (Lipinski definition) is 1. The van der Waals surface area contributed by atoms with Crippen molar-refractivity contribution in [3.8, 4) is 0 Å². The van der Waals surface area contributed by atoms with Crippen LogP contribution in [-0.2, 0) is 22.4 Å². The van der Waals surface area contributed by atoms with Crippen molar-refractivity contribution in [1.29, 1.82) is 0 Å². The summed E-state index contributed by atoms with van der Waals surface area (Å²) in [6, 6.07) is 48.7. The van der Waals surface area contributed by atoms with E-state index in [1.54, 1.807) is 0 Å². The van der Waals surface area contributed by atoms with Crippen molar-refractivity contribution in [2.45, 2.75) is 125 Å². The van der Waals surface area contributed by atoms with E-state index in [1.807, 2.05) is 0 Å². The van der Waals surface area contributed by atoms with Gasteiger partial charge in [0.2, 0.25) is 0 Å². The summed E-state index contributed by atoms with van der Waals surface area (Å²) in [5, 5.41) is 5.11. The summed E-state index contributed by atoms with van der Waals surface area (Å²) in [5.41, 5.74) is 20.3. The summed E-state index contributed by atoms with van der Waals surface area (Å²) >= 11 is 0. The molecule has 61 heavy (non-hydrogen) atoms. The first-order valence-electron chi connectivity index (χ1n) is 22.5. The molecule has 0 fully saturated rings. The molecular formula is C57H65AuBN2-2. The van der Waals surface area contributed by atoms with Crippen LogP contribution >= 0.6 is 0 Å². The molecule has 1 atom stereocenters. The predicted octanol–water partition coefficient (Wildman–Crippen LogP) is 16.0. The molecule has 8 rings (SSSR count). The molecule has 1 aliphatic carbocycles. The molecule has 0 amide bonds. The molecule has 1 unspecified atom stereocenters. The van der Waals surface area contributed by atoms with Gasteiger partial charge in [-0.2, -0.15) is 11.6 Å². The van der Waals surface area contributed by atoms with Crippen LogP contribution in [0, 0.1) is 6.08 Å². The van der Waals surface area contributed by atoms with E-state index in [1.165, 1.54) is 78.0 Å². The number of anilines is 2. The van der Waals surface area contributed by atoms with Crippen molar-refractivity contribution in [2.75, 3.05) is 4.81 Å². The Morgan fingerprint density at radius 2 is 0.918 bits per heavy atom. The third kappa shape index (κ3) is 9.17. The topological polar surface area (TPSA) is 17.3 Å². The zero-order chi connectivity index (χ0) is 42.8. The van der Waals surface area contributed by atoms with Gasteiger partial charge in [-0.1, -0.05) is 227 Å². The summed E-state index contributed by atoms with van der Waals surface area (Å²) < 4.78 is 0. The normalized spacial score (nSPS) is 14.3. The molecule has 1 radical (unpaired) electrons. The average Bonchev–Trinajstić information content (AvgIpc) is 3.82. The maximum absolute atomic E-state index is 5.11. The largest absolute Gasteiger partial charge is 0.683 e. The Kier molecular flexibility index (Phi) is 14.8. The zero-order valence-electron chi connectivity index (χ0n) is 38.5. The minimum absolute atomic E-state index is 0. The van der Waals surface area contributed by atoms with Crippen LogP contribution < -0.4 is 10.3 Å². The Labute approximate surface area is 384 Å². The zero-order valence-corrected chi connectivity index (χ0v) is 40.7. The minimum Gasteiger partial charge on any atom is -0.683 e. The van der Waals surface area contributed by atoms with Gasteiger partial charge in [0.05, 0.1) is 0 Å². The van der Waals surface area contributed by atoms with E-state index in [9.17, 15) is 0 Å². The van der Waals surface area contributed by atoms with Gasteiger partial charge in [0.15, 0.2) is 6.98 Å². The monoisotopic (exact) mass is 985 g/mol. The third-order valence-corrected chi connectivity index (χ3v) is 12.5. The van der Waals surface area contributed by atoms with E-state index < -0.39 is 0 Å². The van der Waals surface area contributed by atoms with Crippen LogP contribution in [0.4, 0.5) is 17.1 Å². The second-order valence-electron chi connectivity index (χ2n) is 18.7. The maximum atomic E-state index is 5.11. The van der Waals surface area contributed by atoms with Crippen molar-refractivity contribution < 1.29 is 22.4 Å². The van der Waals surface area contributed by atoms with Gasteiger partial charge in [-0.15, -0.1) is 22.9 Å².